The molecular formula is C30H39N3O6. The molecule has 3 N–H and O–H groups in total. The van der Waals surface area contributed by atoms with E-state index in [0.717, 1.165) is 31.5 Å². The van der Waals surface area contributed by atoms with Crippen molar-refractivity contribution in [3.8, 4) is 11.5 Å². The second kappa shape index (κ2) is 13.8. The zero-order valence-electron chi connectivity index (χ0n) is 23.2. The Labute approximate surface area is 230 Å². The lowest BCUT2D eigenvalue weighted by Gasteiger charge is -2.28. The lowest BCUT2D eigenvalue weighted by molar-refractivity contribution is -0.140. The maximum absolute atomic E-state index is 13.3. The number of likely N-dealkylation sites (N-methyl/N-ethyl adjacent to an activating group) is 1. The van der Waals surface area contributed by atoms with Crippen molar-refractivity contribution in [1.82, 2.24) is 9.80 Å². The van der Waals surface area contributed by atoms with Crippen LogP contribution in [0.3, 0.4) is 0 Å². The second-order valence-corrected chi connectivity index (χ2v) is 9.53. The number of rotatable bonds is 14. The summed E-state index contributed by atoms with van der Waals surface area (Å²) in [5.74, 6) is -1.08. The van der Waals surface area contributed by atoms with Gasteiger partial charge in [-0.3, -0.25) is 14.4 Å². The van der Waals surface area contributed by atoms with Gasteiger partial charge in [0.15, 0.2) is 6.61 Å². The number of hydrogen-bond donors (Lipinski definition) is 2. The lowest BCUT2D eigenvalue weighted by atomic mass is 9.94. The first-order valence-electron chi connectivity index (χ1n) is 13.5. The number of aliphatic hydroxyl groups excluding tert-OH is 1. The minimum absolute atomic E-state index is 0.0319. The summed E-state index contributed by atoms with van der Waals surface area (Å²) in [4.78, 5) is 41.4. The zero-order chi connectivity index (χ0) is 28.5. The van der Waals surface area contributed by atoms with E-state index in [9.17, 15) is 19.5 Å². The van der Waals surface area contributed by atoms with E-state index >= 15 is 0 Å². The Kier molecular flexibility index (Phi) is 10.5. The van der Waals surface area contributed by atoms with Gasteiger partial charge in [-0.15, -0.1) is 0 Å². The highest BCUT2D eigenvalue weighted by molar-refractivity contribution is 6.46. The van der Waals surface area contributed by atoms with Crippen LogP contribution in [0.5, 0.6) is 11.5 Å². The van der Waals surface area contributed by atoms with Crippen molar-refractivity contribution in [2.24, 2.45) is 5.73 Å². The van der Waals surface area contributed by atoms with E-state index in [1.807, 2.05) is 20.8 Å². The molecule has 2 amide bonds. The number of unbranched alkanes of at least 4 members (excludes halogenated alkanes) is 1. The van der Waals surface area contributed by atoms with Gasteiger partial charge < -0.3 is 30.1 Å². The third-order valence-corrected chi connectivity index (χ3v) is 6.87. The molecule has 0 aliphatic carbocycles. The van der Waals surface area contributed by atoms with Gasteiger partial charge in [0, 0.05) is 18.7 Å². The van der Waals surface area contributed by atoms with E-state index < -0.39 is 23.6 Å². The predicted molar refractivity (Wildman–Crippen MR) is 150 cm³/mol. The fourth-order valence-electron chi connectivity index (χ4n) is 4.59. The standard InChI is InChI=1S/C30H39N3O6/c1-5-8-17-38-24-14-11-22(18-20(24)4)28(35)26-27(21-9-12-23(13-10-21)39-19-25(31)34)33(30(37)29(26)36)16-15-32(6-2)7-3/h9-14,18,27,35H,5-8,15-17,19H2,1-4H3,(H2,31,34). The molecule has 9 nitrogen and oxygen atoms in total. The van der Waals surface area contributed by atoms with E-state index in [1.54, 1.807) is 42.5 Å². The number of carbonyl (C=O) groups is 3. The average Bonchev–Trinajstić information content (AvgIpc) is 3.18. The molecule has 39 heavy (non-hydrogen) atoms. The SMILES string of the molecule is CCCCOc1ccc(C(O)=C2C(=O)C(=O)N(CCN(CC)CC)C2c2ccc(OCC(N)=O)cc2)cc1C. The highest BCUT2D eigenvalue weighted by atomic mass is 16.5. The third kappa shape index (κ3) is 7.17. The Balaban J connectivity index is 2.02. The van der Waals surface area contributed by atoms with Gasteiger partial charge >= 0.3 is 0 Å². The van der Waals surface area contributed by atoms with Crippen LogP contribution in [0.15, 0.2) is 48.0 Å². The molecule has 1 unspecified atom stereocenters. The molecule has 2 aromatic carbocycles. The van der Waals surface area contributed by atoms with Crippen molar-refractivity contribution in [1.29, 1.82) is 0 Å². The number of amides is 2. The van der Waals surface area contributed by atoms with E-state index in [4.69, 9.17) is 15.2 Å². The summed E-state index contributed by atoms with van der Waals surface area (Å²) >= 11 is 0. The van der Waals surface area contributed by atoms with Gasteiger partial charge in [-0.1, -0.05) is 39.3 Å². The summed E-state index contributed by atoms with van der Waals surface area (Å²) in [6.07, 6.45) is 1.95. The van der Waals surface area contributed by atoms with E-state index in [1.165, 1.54) is 4.90 Å². The molecule has 9 heteroatoms. The topological polar surface area (TPSA) is 122 Å². The number of nitrogens with zero attached hydrogens (tertiary/aromatic N) is 2. The Morgan fingerprint density at radius 1 is 1.05 bits per heavy atom. The van der Waals surface area contributed by atoms with Crippen LogP contribution in [-0.4, -0.2) is 71.9 Å². The highest BCUT2D eigenvalue weighted by Crippen LogP contribution is 2.40. The number of ether oxygens (including phenoxy) is 2. The van der Waals surface area contributed by atoms with Crippen LogP contribution < -0.4 is 15.2 Å². The molecule has 1 fully saturated rings. The molecule has 0 saturated carbocycles. The molecule has 1 heterocycles. The summed E-state index contributed by atoms with van der Waals surface area (Å²) < 4.78 is 11.2. The minimum Gasteiger partial charge on any atom is -0.507 e. The van der Waals surface area contributed by atoms with Gasteiger partial charge in [0.1, 0.15) is 17.3 Å². The van der Waals surface area contributed by atoms with Crippen LogP contribution in [0.25, 0.3) is 5.76 Å². The second-order valence-electron chi connectivity index (χ2n) is 9.53. The average molecular weight is 538 g/mol. The molecule has 1 saturated heterocycles. The van der Waals surface area contributed by atoms with Crippen LogP contribution in [0.4, 0.5) is 0 Å². The summed E-state index contributed by atoms with van der Waals surface area (Å²) in [7, 11) is 0. The number of benzene rings is 2. The molecule has 1 aliphatic rings. The van der Waals surface area contributed by atoms with Crippen LogP contribution in [-0.2, 0) is 14.4 Å². The molecule has 210 valence electrons. The molecular weight excluding hydrogens is 498 g/mol. The number of primary amides is 1. The Morgan fingerprint density at radius 2 is 1.74 bits per heavy atom. The first-order chi connectivity index (χ1) is 18.7. The van der Waals surface area contributed by atoms with Crippen molar-refractivity contribution >= 4 is 23.4 Å². The number of hydrogen-bond acceptors (Lipinski definition) is 7. The maximum atomic E-state index is 13.3. The lowest BCUT2D eigenvalue weighted by Crippen LogP contribution is -2.38. The molecule has 1 atom stereocenters. The molecule has 3 rings (SSSR count). The number of Topliss-reactive ketones (excluding diaryl/α,β-unsaturated/α-hetero) is 1. The number of aryl methyl sites for hydroxylation is 1. The predicted octanol–water partition coefficient (Wildman–Crippen LogP) is 3.80. The smallest absolute Gasteiger partial charge is 0.295 e. The molecule has 0 bridgehead atoms. The number of aliphatic hydroxyl groups is 1. The number of likely N-dealkylation sites (tertiary alicyclic amines) is 1. The number of carbonyl (C=O) groups excluding carboxylic acids is 3. The summed E-state index contributed by atoms with van der Waals surface area (Å²) in [5, 5.41) is 11.4. The molecule has 0 aromatic heterocycles. The van der Waals surface area contributed by atoms with Gasteiger partial charge in [0.05, 0.1) is 18.2 Å². The van der Waals surface area contributed by atoms with Crippen LogP contribution in [0, 0.1) is 6.92 Å². The molecule has 0 radical (unpaired) electrons. The van der Waals surface area contributed by atoms with Gasteiger partial charge in [-0.25, -0.2) is 0 Å². The van der Waals surface area contributed by atoms with Crippen molar-refractivity contribution < 1.29 is 29.0 Å². The van der Waals surface area contributed by atoms with Crippen LogP contribution >= 0.6 is 0 Å². The first-order valence-corrected chi connectivity index (χ1v) is 13.5. The normalized spacial score (nSPS) is 16.6. The van der Waals surface area contributed by atoms with Crippen LogP contribution in [0.1, 0.15) is 56.3 Å². The van der Waals surface area contributed by atoms with Crippen molar-refractivity contribution in [3.05, 3.63) is 64.7 Å². The summed E-state index contributed by atoms with van der Waals surface area (Å²) in [5.41, 5.74) is 7.09. The van der Waals surface area contributed by atoms with Crippen molar-refractivity contribution in [2.45, 2.75) is 46.6 Å². The fourth-order valence-corrected chi connectivity index (χ4v) is 4.59. The Morgan fingerprint density at radius 3 is 2.33 bits per heavy atom. The summed E-state index contributed by atoms with van der Waals surface area (Å²) in [6, 6.07) is 11.2. The van der Waals surface area contributed by atoms with Crippen molar-refractivity contribution in [3.63, 3.8) is 0 Å². The number of ketones is 1. The minimum atomic E-state index is -0.786. The maximum Gasteiger partial charge on any atom is 0.295 e. The Hall–Kier alpha value is -3.85. The largest absolute Gasteiger partial charge is 0.507 e. The quantitative estimate of drug-likeness (QED) is 0.163. The van der Waals surface area contributed by atoms with Gasteiger partial charge in [0.25, 0.3) is 17.6 Å². The molecule has 1 aliphatic heterocycles. The zero-order valence-corrected chi connectivity index (χ0v) is 23.2. The monoisotopic (exact) mass is 537 g/mol. The number of nitrogens with two attached hydrogens (primary N) is 1. The van der Waals surface area contributed by atoms with Crippen molar-refractivity contribution in [2.75, 3.05) is 39.4 Å². The molecule has 2 aromatic rings. The third-order valence-electron chi connectivity index (χ3n) is 6.87. The molecule has 0 spiro atoms. The van der Waals surface area contributed by atoms with Gasteiger partial charge in [-0.05, 0) is 67.9 Å². The Bertz CT molecular complexity index is 1200. The van der Waals surface area contributed by atoms with Gasteiger partial charge in [0.2, 0.25) is 0 Å². The fraction of sp³-hybridized carbons (Fsp3) is 0.433. The summed E-state index contributed by atoms with van der Waals surface area (Å²) in [6.45, 7) is 10.9. The highest BCUT2D eigenvalue weighted by Gasteiger charge is 2.46. The first kappa shape index (κ1) is 29.7. The van der Waals surface area contributed by atoms with E-state index in [2.05, 4.69) is 11.8 Å². The van der Waals surface area contributed by atoms with Gasteiger partial charge in [-0.2, -0.15) is 0 Å². The van der Waals surface area contributed by atoms with E-state index in [0.29, 0.717) is 42.3 Å². The van der Waals surface area contributed by atoms with Crippen LogP contribution in [0.2, 0.25) is 0 Å². The van der Waals surface area contributed by atoms with E-state index in [-0.39, 0.29) is 17.9 Å².